The molecule has 0 spiro atoms. The number of fused-ring (bicyclic) bond motifs is 2. The van der Waals surface area contributed by atoms with Crippen LogP contribution in [0.1, 0.15) is 31.1 Å². The lowest BCUT2D eigenvalue weighted by molar-refractivity contribution is 0.0523. The zero-order chi connectivity index (χ0) is 25.4. The zero-order valence-corrected chi connectivity index (χ0v) is 20.8. The maximum atomic E-state index is 12.9. The van der Waals surface area contributed by atoms with Crippen LogP contribution in [-0.2, 0) is 4.74 Å². The van der Waals surface area contributed by atoms with Gasteiger partial charge in [0.1, 0.15) is 25.1 Å². The Labute approximate surface area is 212 Å². The van der Waals surface area contributed by atoms with Crippen molar-refractivity contribution < 1.29 is 23.8 Å². The molecule has 0 atom stereocenters. The van der Waals surface area contributed by atoms with Crippen LogP contribution in [0.2, 0.25) is 5.02 Å². The summed E-state index contributed by atoms with van der Waals surface area (Å²) in [6.07, 6.45) is 0.0619. The van der Waals surface area contributed by atoms with Crippen molar-refractivity contribution in [2.75, 3.05) is 18.5 Å². The summed E-state index contributed by atoms with van der Waals surface area (Å²) in [7, 11) is 0. The first kappa shape index (κ1) is 23.7. The fourth-order valence-electron chi connectivity index (χ4n) is 3.93. The largest absolute Gasteiger partial charge is 0.486 e. The Morgan fingerprint density at radius 1 is 1.08 bits per heavy atom. The number of hydrogen-bond donors (Lipinski definition) is 1. The molecule has 184 valence electrons. The van der Waals surface area contributed by atoms with E-state index in [-0.39, 0.29) is 0 Å². The first-order valence-electron chi connectivity index (χ1n) is 11.4. The van der Waals surface area contributed by atoms with Gasteiger partial charge in [-0.15, -0.1) is 5.10 Å². The molecule has 0 aliphatic carbocycles. The van der Waals surface area contributed by atoms with Crippen molar-refractivity contribution in [3.63, 3.8) is 0 Å². The van der Waals surface area contributed by atoms with Crippen molar-refractivity contribution >= 4 is 46.4 Å². The van der Waals surface area contributed by atoms with Gasteiger partial charge < -0.3 is 19.5 Å². The van der Waals surface area contributed by atoms with E-state index < -0.39 is 11.7 Å². The molecule has 1 aliphatic rings. The topological polar surface area (TPSA) is 91.7 Å². The van der Waals surface area contributed by atoms with Gasteiger partial charge in [-0.25, -0.2) is 4.79 Å². The Bertz CT molecular complexity index is 1490. The van der Waals surface area contributed by atoms with Gasteiger partial charge in [-0.2, -0.15) is 4.68 Å². The van der Waals surface area contributed by atoms with E-state index in [1.54, 1.807) is 39.0 Å². The Hall–Kier alpha value is -4.04. The number of hydrogen-bond acceptors (Lipinski definition) is 7. The van der Waals surface area contributed by atoms with Gasteiger partial charge in [-0.1, -0.05) is 35.9 Å². The summed E-state index contributed by atoms with van der Waals surface area (Å²) in [6.45, 7) is 6.33. The Morgan fingerprint density at radius 2 is 1.86 bits per heavy atom. The van der Waals surface area contributed by atoms with E-state index in [4.69, 9.17) is 25.8 Å². The first-order chi connectivity index (χ1) is 17.2. The smallest absolute Gasteiger partial charge is 0.435 e. The van der Waals surface area contributed by atoms with Crippen molar-refractivity contribution in [3.05, 3.63) is 65.2 Å². The van der Waals surface area contributed by atoms with E-state index in [9.17, 15) is 9.59 Å². The third kappa shape index (κ3) is 4.59. The van der Waals surface area contributed by atoms with Gasteiger partial charge in [-0.05, 0) is 56.7 Å². The summed E-state index contributed by atoms with van der Waals surface area (Å²) >= 11 is 6.82. The molecule has 1 aliphatic heterocycles. The number of ether oxygens (including phenoxy) is 3. The average molecular weight is 506 g/mol. The number of halogens is 1. The number of carbonyl (C=O) groups is 2. The third-order valence-corrected chi connectivity index (χ3v) is 5.92. The lowest BCUT2D eigenvalue weighted by Crippen LogP contribution is -2.27. The van der Waals surface area contributed by atoms with Crippen molar-refractivity contribution in [1.29, 1.82) is 0 Å². The highest BCUT2D eigenvalue weighted by Crippen LogP contribution is 2.40. The monoisotopic (exact) mass is 505 g/mol. The minimum absolute atomic E-state index is 0.398. The highest BCUT2D eigenvalue weighted by atomic mass is 35.5. The molecule has 0 bridgehead atoms. The molecule has 8 nitrogen and oxygen atoms in total. The number of carbonyl (C=O) groups excluding carboxylic acids is 2. The maximum Gasteiger partial charge on any atom is 0.435 e. The second kappa shape index (κ2) is 9.20. The third-order valence-electron chi connectivity index (χ3n) is 5.51. The van der Waals surface area contributed by atoms with E-state index in [2.05, 4.69) is 10.4 Å². The number of aldehydes is 1. The van der Waals surface area contributed by atoms with Gasteiger partial charge >= 0.3 is 6.09 Å². The van der Waals surface area contributed by atoms with Gasteiger partial charge in [0, 0.05) is 16.5 Å². The number of rotatable bonds is 4. The zero-order valence-electron chi connectivity index (χ0n) is 20.0. The lowest BCUT2D eigenvalue weighted by atomic mass is 10.0. The molecule has 0 saturated carbocycles. The number of nitrogens with one attached hydrogen (secondary N) is 1. The van der Waals surface area contributed by atoms with E-state index in [0.29, 0.717) is 64.0 Å². The minimum Gasteiger partial charge on any atom is -0.486 e. The highest BCUT2D eigenvalue weighted by molar-refractivity contribution is 6.36. The van der Waals surface area contributed by atoms with Crippen LogP contribution in [0.25, 0.3) is 22.0 Å². The van der Waals surface area contributed by atoms with Crippen LogP contribution >= 0.6 is 11.6 Å². The molecule has 36 heavy (non-hydrogen) atoms. The van der Waals surface area contributed by atoms with Gasteiger partial charge in [-0.3, -0.25) is 4.79 Å². The Morgan fingerprint density at radius 3 is 2.61 bits per heavy atom. The van der Waals surface area contributed by atoms with Crippen LogP contribution in [0.5, 0.6) is 11.5 Å². The summed E-state index contributed by atoms with van der Waals surface area (Å²) in [5, 5.41) is 8.82. The SMILES string of the molecule is CC(C)(C)OC(=O)n1nc(Nc2cccc(-c3ccc4c(c3)OCCO4)c2Cl)c2ccc(C=O)cc21. The van der Waals surface area contributed by atoms with Crippen LogP contribution in [-0.4, -0.2) is 41.0 Å². The quantitative estimate of drug-likeness (QED) is 0.318. The molecule has 1 aromatic heterocycles. The number of nitrogens with zero attached hydrogens (tertiary/aromatic N) is 2. The van der Waals surface area contributed by atoms with Gasteiger partial charge in [0.2, 0.25) is 0 Å². The van der Waals surface area contributed by atoms with Crippen molar-refractivity contribution in [3.8, 4) is 22.6 Å². The fraction of sp³-hybridized carbons (Fsp3) is 0.222. The normalized spacial score (nSPS) is 12.9. The maximum absolute atomic E-state index is 12.9. The van der Waals surface area contributed by atoms with E-state index in [1.165, 1.54) is 0 Å². The molecular weight excluding hydrogens is 482 g/mol. The van der Waals surface area contributed by atoms with Crippen LogP contribution < -0.4 is 14.8 Å². The van der Waals surface area contributed by atoms with Crippen molar-refractivity contribution in [2.24, 2.45) is 0 Å². The fourth-order valence-corrected chi connectivity index (χ4v) is 4.21. The Kier molecular flexibility index (Phi) is 6.05. The van der Waals surface area contributed by atoms with E-state index in [1.807, 2.05) is 36.4 Å². The molecule has 4 aromatic rings. The number of aromatic nitrogens is 2. The van der Waals surface area contributed by atoms with Crippen LogP contribution in [0.4, 0.5) is 16.3 Å². The van der Waals surface area contributed by atoms with Crippen molar-refractivity contribution in [2.45, 2.75) is 26.4 Å². The molecule has 0 radical (unpaired) electrons. The molecule has 0 saturated heterocycles. The predicted molar refractivity (Wildman–Crippen MR) is 138 cm³/mol. The van der Waals surface area contributed by atoms with E-state index in [0.717, 1.165) is 15.8 Å². The number of benzene rings is 3. The summed E-state index contributed by atoms with van der Waals surface area (Å²) in [4.78, 5) is 24.2. The molecule has 9 heteroatoms. The molecule has 5 rings (SSSR count). The number of anilines is 2. The van der Waals surface area contributed by atoms with Gasteiger partial charge in [0.15, 0.2) is 17.3 Å². The predicted octanol–water partition coefficient (Wildman–Crippen LogP) is 6.47. The molecule has 1 N–H and O–H groups in total. The molecule has 0 unspecified atom stereocenters. The molecular formula is C27H24ClN3O5. The minimum atomic E-state index is -0.716. The molecule has 2 heterocycles. The first-order valence-corrected chi connectivity index (χ1v) is 11.8. The lowest BCUT2D eigenvalue weighted by Gasteiger charge is -2.19. The molecule has 3 aromatic carbocycles. The van der Waals surface area contributed by atoms with E-state index >= 15 is 0 Å². The van der Waals surface area contributed by atoms with Crippen LogP contribution in [0.3, 0.4) is 0 Å². The van der Waals surface area contributed by atoms with Gasteiger partial charge in [0.25, 0.3) is 0 Å². The second-order valence-corrected chi connectivity index (χ2v) is 9.66. The van der Waals surface area contributed by atoms with Crippen LogP contribution in [0.15, 0.2) is 54.6 Å². The summed E-state index contributed by atoms with van der Waals surface area (Å²) in [5.41, 5.74) is 2.39. The summed E-state index contributed by atoms with van der Waals surface area (Å²) < 4.78 is 18.0. The standard InChI is InChI=1S/C27H24ClN3O5/c1-27(2,3)36-26(33)31-21-13-16(15-32)7-9-19(21)25(30-31)29-20-6-4-5-18(24(20)28)17-8-10-22-23(14-17)35-12-11-34-22/h4-10,13-15H,11-12H2,1-3H3,(H,29,30). The molecule has 0 fully saturated rings. The Balaban J connectivity index is 1.54. The second-order valence-electron chi connectivity index (χ2n) is 9.29. The molecule has 0 amide bonds. The summed E-state index contributed by atoms with van der Waals surface area (Å²) in [6, 6.07) is 16.3. The summed E-state index contributed by atoms with van der Waals surface area (Å²) in [5.74, 6) is 1.76. The van der Waals surface area contributed by atoms with Crippen LogP contribution in [0, 0.1) is 0 Å². The average Bonchev–Trinajstić information content (AvgIpc) is 3.21. The van der Waals surface area contributed by atoms with Crippen molar-refractivity contribution in [1.82, 2.24) is 9.78 Å². The highest BCUT2D eigenvalue weighted by Gasteiger charge is 2.23. The van der Waals surface area contributed by atoms with Gasteiger partial charge in [0.05, 0.1) is 16.2 Å².